The van der Waals surface area contributed by atoms with Gasteiger partial charge in [-0.15, -0.1) is 10.2 Å². The zero-order valence-electron chi connectivity index (χ0n) is 21.4. The molecular weight excluding hydrogens is 462 g/mol. The highest BCUT2D eigenvalue weighted by Gasteiger charge is 2.36. The first-order valence-electron chi connectivity index (χ1n) is 12.7. The summed E-state index contributed by atoms with van der Waals surface area (Å²) in [6, 6.07) is 12.1. The summed E-state index contributed by atoms with van der Waals surface area (Å²) in [5.74, 6) is -1.89. The number of aryl methyl sites for hydroxylation is 1. The Morgan fingerprint density at radius 1 is 1.00 bits per heavy atom. The van der Waals surface area contributed by atoms with Crippen molar-refractivity contribution < 1.29 is 8.78 Å². The summed E-state index contributed by atoms with van der Waals surface area (Å²) < 4.78 is 33.2. The van der Waals surface area contributed by atoms with E-state index in [-0.39, 0.29) is 12.2 Å². The van der Waals surface area contributed by atoms with Crippen LogP contribution in [-0.2, 0) is 18.9 Å². The quantitative estimate of drug-likeness (QED) is 0.258. The summed E-state index contributed by atoms with van der Waals surface area (Å²) in [7, 11) is 0. The van der Waals surface area contributed by atoms with Gasteiger partial charge in [-0.25, -0.2) is 14.8 Å². The molecule has 0 saturated heterocycles. The molecule has 0 saturated carbocycles. The number of hydrogen-bond donors (Lipinski definition) is 1. The van der Waals surface area contributed by atoms with Crippen LogP contribution < -0.4 is 0 Å². The first kappa shape index (κ1) is 25.7. The molecular formula is C26H34F2N8. The predicted octanol–water partition coefficient (Wildman–Crippen LogP) is 6.05. The van der Waals surface area contributed by atoms with Gasteiger partial charge in [-0.3, -0.25) is 0 Å². The van der Waals surface area contributed by atoms with Crippen LogP contribution in [0.4, 0.5) is 8.78 Å². The number of alkyl halides is 2. The smallest absolute Gasteiger partial charge is 0.308 e. The van der Waals surface area contributed by atoms with Crippen LogP contribution in [0.2, 0.25) is 0 Å². The molecule has 0 spiro atoms. The van der Waals surface area contributed by atoms with Gasteiger partial charge in [-0.1, -0.05) is 52.7 Å². The van der Waals surface area contributed by atoms with Gasteiger partial charge in [0.25, 0.3) is 0 Å². The van der Waals surface area contributed by atoms with Crippen LogP contribution in [0.3, 0.4) is 0 Å². The SMILES string of the molecule is CCCCc1nc(C(F)(F)CCCC)nn1Cc1ccc(-n2c(-c3nnn[nH]3)ccc2C(C)C)cc1. The Kier molecular flexibility index (Phi) is 7.91. The molecule has 3 heterocycles. The molecule has 0 amide bonds. The number of H-pyrrole nitrogens is 1. The highest BCUT2D eigenvalue weighted by atomic mass is 19.3. The standard InChI is InChI=1S/C26H34F2N8/c1-5-7-9-23-29-25(26(27,28)16-8-6-2)32-35(23)17-19-10-12-20(13-11-19)36-21(18(3)4)14-15-22(36)24-30-33-34-31-24/h10-15,18H,5-9,16-17H2,1-4H3,(H,30,31,33,34). The van der Waals surface area contributed by atoms with E-state index in [1.807, 2.05) is 37.3 Å². The Bertz CT molecular complexity index is 1240. The summed E-state index contributed by atoms with van der Waals surface area (Å²) in [6.45, 7) is 8.64. The fourth-order valence-electron chi connectivity index (χ4n) is 4.25. The number of aromatic amines is 1. The number of aromatic nitrogens is 8. The van der Waals surface area contributed by atoms with E-state index in [0.29, 0.717) is 43.4 Å². The minimum atomic E-state index is -3.01. The molecule has 4 rings (SSSR count). The van der Waals surface area contributed by atoms with E-state index >= 15 is 0 Å². The van der Waals surface area contributed by atoms with E-state index in [4.69, 9.17) is 0 Å². The molecule has 0 fully saturated rings. The molecule has 0 aliphatic heterocycles. The first-order valence-corrected chi connectivity index (χ1v) is 12.7. The Morgan fingerprint density at radius 3 is 2.39 bits per heavy atom. The molecule has 1 N–H and O–H groups in total. The minimum absolute atomic E-state index is 0.229. The van der Waals surface area contributed by atoms with Crippen LogP contribution in [-0.4, -0.2) is 40.0 Å². The number of rotatable bonds is 12. The lowest BCUT2D eigenvalue weighted by Gasteiger charge is -2.15. The van der Waals surface area contributed by atoms with Crippen molar-refractivity contribution in [3.63, 3.8) is 0 Å². The largest absolute Gasteiger partial charge is 0.310 e. The number of tetrazole rings is 1. The van der Waals surface area contributed by atoms with Gasteiger partial charge in [0.15, 0.2) is 5.82 Å². The number of hydrogen-bond acceptors (Lipinski definition) is 5. The molecule has 4 aromatic rings. The maximum atomic E-state index is 14.7. The van der Waals surface area contributed by atoms with Gasteiger partial charge in [0, 0.05) is 24.2 Å². The van der Waals surface area contributed by atoms with Crippen LogP contribution in [0.15, 0.2) is 36.4 Å². The van der Waals surface area contributed by atoms with Crippen molar-refractivity contribution >= 4 is 0 Å². The van der Waals surface area contributed by atoms with Crippen molar-refractivity contribution in [3.05, 3.63) is 59.3 Å². The second kappa shape index (κ2) is 11.1. The van der Waals surface area contributed by atoms with Gasteiger partial charge in [0.05, 0.1) is 12.2 Å². The highest BCUT2D eigenvalue weighted by molar-refractivity contribution is 5.57. The monoisotopic (exact) mass is 496 g/mol. The molecule has 0 bridgehead atoms. The molecule has 36 heavy (non-hydrogen) atoms. The van der Waals surface area contributed by atoms with Gasteiger partial charge in [0.1, 0.15) is 5.82 Å². The van der Waals surface area contributed by atoms with E-state index in [2.05, 4.69) is 62.1 Å². The molecule has 0 aliphatic carbocycles. The van der Waals surface area contributed by atoms with Gasteiger partial charge in [-0.05, 0) is 59.0 Å². The lowest BCUT2D eigenvalue weighted by atomic mass is 10.1. The molecule has 0 aliphatic rings. The second-order valence-electron chi connectivity index (χ2n) is 9.47. The maximum absolute atomic E-state index is 14.7. The number of nitrogens with one attached hydrogen (secondary N) is 1. The van der Waals surface area contributed by atoms with Gasteiger partial charge < -0.3 is 4.57 Å². The van der Waals surface area contributed by atoms with Crippen molar-refractivity contribution in [2.45, 2.75) is 84.6 Å². The van der Waals surface area contributed by atoms with E-state index in [1.165, 1.54) is 0 Å². The molecule has 10 heteroatoms. The summed E-state index contributed by atoms with van der Waals surface area (Å²) >= 11 is 0. The lowest BCUT2D eigenvalue weighted by molar-refractivity contribution is -0.0245. The second-order valence-corrected chi connectivity index (χ2v) is 9.47. The molecule has 0 atom stereocenters. The molecule has 8 nitrogen and oxygen atoms in total. The number of benzene rings is 1. The average Bonchev–Trinajstić information content (AvgIpc) is 3.61. The summed E-state index contributed by atoms with van der Waals surface area (Å²) in [5.41, 5.74) is 3.93. The topological polar surface area (TPSA) is 90.1 Å². The minimum Gasteiger partial charge on any atom is -0.310 e. The zero-order valence-corrected chi connectivity index (χ0v) is 21.4. The van der Waals surface area contributed by atoms with Crippen LogP contribution in [0.25, 0.3) is 17.2 Å². The third-order valence-electron chi connectivity index (χ3n) is 6.29. The van der Waals surface area contributed by atoms with E-state index in [0.717, 1.165) is 35.5 Å². The van der Waals surface area contributed by atoms with Crippen molar-refractivity contribution in [2.24, 2.45) is 0 Å². The maximum Gasteiger partial charge on any atom is 0.308 e. The molecule has 0 radical (unpaired) electrons. The number of unbranched alkanes of at least 4 members (excludes halogenated alkanes) is 2. The number of nitrogens with zero attached hydrogens (tertiary/aromatic N) is 7. The Hall–Kier alpha value is -3.43. The Labute approximate surface area is 210 Å². The average molecular weight is 497 g/mol. The van der Waals surface area contributed by atoms with E-state index in [1.54, 1.807) is 4.68 Å². The molecule has 0 unspecified atom stereocenters. The third kappa shape index (κ3) is 5.52. The summed E-state index contributed by atoms with van der Waals surface area (Å²) in [4.78, 5) is 4.27. The normalized spacial score (nSPS) is 12.1. The number of halogens is 2. The molecule has 1 aromatic carbocycles. The molecule has 192 valence electrons. The van der Waals surface area contributed by atoms with Gasteiger partial charge in [-0.2, -0.15) is 8.78 Å². The Morgan fingerprint density at radius 2 is 1.75 bits per heavy atom. The van der Waals surface area contributed by atoms with Crippen LogP contribution >= 0.6 is 0 Å². The van der Waals surface area contributed by atoms with E-state index in [9.17, 15) is 8.78 Å². The van der Waals surface area contributed by atoms with Crippen LogP contribution in [0.1, 0.15) is 88.6 Å². The first-order chi connectivity index (χ1) is 17.3. The van der Waals surface area contributed by atoms with Crippen molar-refractivity contribution in [1.29, 1.82) is 0 Å². The fourth-order valence-corrected chi connectivity index (χ4v) is 4.25. The van der Waals surface area contributed by atoms with Crippen molar-refractivity contribution in [1.82, 2.24) is 40.0 Å². The van der Waals surface area contributed by atoms with E-state index < -0.39 is 5.92 Å². The Balaban J connectivity index is 1.62. The molecule has 3 aromatic heterocycles. The van der Waals surface area contributed by atoms with Crippen molar-refractivity contribution in [2.75, 3.05) is 0 Å². The highest BCUT2D eigenvalue weighted by Crippen LogP contribution is 2.32. The van der Waals surface area contributed by atoms with Crippen LogP contribution in [0, 0.1) is 0 Å². The summed E-state index contributed by atoms with van der Waals surface area (Å²) in [6.07, 6.45) is 3.38. The fraction of sp³-hybridized carbons (Fsp3) is 0.500. The van der Waals surface area contributed by atoms with Gasteiger partial charge >= 0.3 is 5.92 Å². The predicted molar refractivity (Wildman–Crippen MR) is 134 cm³/mol. The van der Waals surface area contributed by atoms with Crippen molar-refractivity contribution in [3.8, 4) is 17.2 Å². The zero-order chi connectivity index (χ0) is 25.7. The lowest BCUT2D eigenvalue weighted by Crippen LogP contribution is -2.16. The summed E-state index contributed by atoms with van der Waals surface area (Å²) in [5, 5.41) is 18.6. The third-order valence-corrected chi connectivity index (χ3v) is 6.29. The van der Waals surface area contributed by atoms with Gasteiger partial charge in [0.2, 0.25) is 5.82 Å². The van der Waals surface area contributed by atoms with Crippen LogP contribution in [0.5, 0.6) is 0 Å².